The fraction of sp³-hybridized carbons (Fsp3) is 0.357. The maximum atomic E-state index is 13.7. The average Bonchev–Trinajstić information content (AvgIpc) is 3.41. The molecule has 0 spiro atoms. The molecular formula is C28H30N6O5S. The van der Waals surface area contributed by atoms with E-state index >= 15 is 0 Å². The molecule has 0 amide bonds. The summed E-state index contributed by atoms with van der Waals surface area (Å²) in [6.07, 6.45) is 4.34. The maximum Gasteiger partial charge on any atom is 0.339 e. The summed E-state index contributed by atoms with van der Waals surface area (Å²) in [6.45, 7) is 4.27. The Labute approximate surface area is 232 Å². The van der Waals surface area contributed by atoms with Gasteiger partial charge in [0, 0.05) is 31.6 Å². The standard InChI is InChI=1S/C28H30N6O5S/c1-4-20-15-33(40(37,38)26-8-6-5-7-25(26)39-20)14-18-11-19(10-9-17(18)2)34-27(23(13-29-34)28(35)36)22-12-21(22)24-16-32(3)31-30-24/h5-11,13,16,20-22H,4,12,14-15H2,1-3H3,(H,35,36)/t20-,21-,22?/m1/s1. The van der Waals surface area contributed by atoms with Gasteiger partial charge in [-0.05, 0) is 55.2 Å². The third-order valence-electron chi connectivity index (χ3n) is 7.73. The second-order valence-electron chi connectivity index (χ2n) is 10.4. The molecule has 2 aromatic heterocycles. The van der Waals surface area contributed by atoms with Crippen molar-refractivity contribution in [1.82, 2.24) is 29.1 Å². The van der Waals surface area contributed by atoms with E-state index in [1.165, 1.54) is 10.5 Å². The van der Waals surface area contributed by atoms with Crippen LogP contribution in [0.25, 0.3) is 5.69 Å². The number of carboxylic acids is 1. The van der Waals surface area contributed by atoms with E-state index in [4.69, 9.17) is 4.74 Å². The smallest absolute Gasteiger partial charge is 0.339 e. The fourth-order valence-corrected chi connectivity index (χ4v) is 6.97. The van der Waals surface area contributed by atoms with Gasteiger partial charge in [-0.1, -0.05) is 30.3 Å². The Bertz CT molecular complexity index is 1710. The van der Waals surface area contributed by atoms with Crippen molar-refractivity contribution >= 4 is 16.0 Å². The second kappa shape index (κ2) is 9.86. The van der Waals surface area contributed by atoms with Crippen molar-refractivity contribution in [1.29, 1.82) is 0 Å². The van der Waals surface area contributed by atoms with Crippen LogP contribution in [0.2, 0.25) is 0 Å². The van der Waals surface area contributed by atoms with Crippen LogP contribution >= 0.6 is 0 Å². The lowest BCUT2D eigenvalue weighted by Gasteiger charge is -2.23. The number of benzene rings is 2. The third kappa shape index (κ3) is 4.56. The first kappa shape index (κ1) is 26.2. The zero-order valence-corrected chi connectivity index (χ0v) is 23.2. The lowest BCUT2D eigenvalue weighted by Crippen LogP contribution is -2.36. The summed E-state index contributed by atoms with van der Waals surface area (Å²) in [5.74, 6) is -0.689. The number of hydrogen-bond donors (Lipinski definition) is 1. The number of nitrogens with zero attached hydrogens (tertiary/aromatic N) is 6. The van der Waals surface area contributed by atoms with Gasteiger partial charge in [-0.25, -0.2) is 17.9 Å². The summed E-state index contributed by atoms with van der Waals surface area (Å²) in [4.78, 5) is 12.3. The summed E-state index contributed by atoms with van der Waals surface area (Å²) in [7, 11) is -2.02. The van der Waals surface area contributed by atoms with Crippen LogP contribution in [-0.4, -0.2) is 61.2 Å². The van der Waals surface area contributed by atoms with Gasteiger partial charge in [-0.3, -0.25) is 4.68 Å². The highest BCUT2D eigenvalue weighted by Gasteiger charge is 2.46. The van der Waals surface area contributed by atoms with Crippen LogP contribution in [0.15, 0.2) is 59.8 Å². The van der Waals surface area contributed by atoms with Gasteiger partial charge in [0.2, 0.25) is 10.0 Å². The molecule has 1 N–H and O–H groups in total. The zero-order chi connectivity index (χ0) is 28.2. The number of para-hydroxylation sites is 1. The van der Waals surface area contributed by atoms with Crippen LogP contribution in [0.1, 0.15) is 64.5 Å². The maximum absolute atomic E-state index is 13.7. The third-order valence-corrected chi connectivity index (χ3v) is 9.58. The molecule has 1 aliphatic carbocycles. The molecule has 1 saturated carbocycles. The summed E-state index contributed by atoms with van der Waals surface area (Å²) in [6, 6.07) is 12.4. The van der Waals surface area contributed by atoms with Gasteiger partial charge < -0.3 is 9.84 Å². The van der Waals surface area contributed by atoms with Crippen LogP contribution in [0, 0.1) is 6.92 Å². The van der Waals surface area contributed by atoms with E-state index < -0.39 is 16.0 Å². The number of aromatic carboxylic acids is 1. The molecule has 1 unspecified atom stereocenters. The minimum atomic E-state index is -3.82. The van der Waals surface area contributed by atoms with Crippen molar-refractivity contribution in [2.24, 2.45) is 7.05 Å². The monoisotopic (exact) mass is 562 g/mol. The molecule has 2 aromatic carbocycles. The number of sulfonamides is 1. The van der Waals surface area contributed by atoms with Gasteiger partial charge >= 0.3 is 5.97 Å². The Balaban J connectivity index is 1.36. The first-order chi connectivity index (χ1) is 19.2. The number of aromatic nitrogens is 5. The fourth-order valence-electron chi connectivity index (χ4n) is 5.40. The van der Waals surface area contributed by atoms with E-state index in [0.717, 1.165) is 23.2 Å². The zero-order valence-electron chi connectivity index (χ0n) is 22.4. The summed E-state index contributed by atoms with van der Waals surface area (Å²) >= 11 is 0. The molecule has 1 fully saturated rings. The molecule has 2 aliphatic rings. The van der Waals surface area contributed by atoms with E-state index in [1.807, 2.05) is 38.2 Å². The predicted octanol–water partition coefficient (Wildman–Crippen LogP) is 3.64. The molecule has 3 heterocycles. The van der Waals surface area contributed by atoms with Crippen molar-refractivity contribution in [3.05, 3.63) is 82.9 Å². The summed E-state index contributed by atoms with van der Waals surface area (Å²) < 4.78 is 38.2. The molecule has 3 atom stereocenters. The first-order valence-corrected chi connectivity index (χ1v) is 14.6. The SMILES string of the molecule is CC[C@@H]1CN(Cc2cc(-n3ncc(C(=O)O)c3C3C[C@H]3c3cn(C)nn3)ccc2C)S(=O)(=O)c2ccccc2O1. The van der Waals surface area contributed by atoms with Crippen LogP contribution in [0.4, 0.5) is 0 Å². The Hall–Kier alpha value is -4.03. The molecule has 40 heavy (non-hydrogen) atoms. The van der Waals surface area contributed by atoms with Crippen molar-refractivity contribution in [2.45, 2.75) is 56.1 Å². The Morgan fingerprint density at radius 1 is 1.18 bits per heavy atom. The van der Waals surface area contributed by atoms with Gasteiger partial charge in [-0.15, -0.1) is 5.10 Å². The van der Waals surface area contributed by atoms with Crippen LogP contribution in [0.5, 0.6) is 5.75 Å². The molecule has 0 saturated heterocycles. The predicted molar refractivity (Wildman–Crippen MR) is 145 cm³/mol. The van der Waals surface area contributed by atoms with Gasteiger partial charge in [0.15, 0.2) is 0 Å². The average molecular weight is 563 g/mol. The molecule has 11 nitrogen and oxygen atoms in total. The minimum absolute atomic E-state index is 0.0560. The molecule has 6 rings (SSSR count). The number of aryl methyl sites for hydroxylation is 2. The van der Waals surface area contributed by atoms with E-state index in [1.54, 1.807) is 40.7 Å². The number of rotatable bonds is 7. The first-order valence-electron chi connectivity index (χ1n) is 13.2. The van der Waals surface area contributed by atoms with Crippen LogP contribution < -0.4 is 4.74 Å². The largest absolute Gasteiger partial charge is 0.488 e. The highest BCUT2D eigenvalue weighted by atomic mass is 32.2. The number of hydrogen-bond acceptors (Lipinski definition) is 7. The molecule has 0 radical (unpaired) electrons. The van der Waals surface area contributed by atoms with E-state index in [9.17, 15) is 18.3 Å². The number of ether oxygens (including phenoxy) is 1. The molecule has 208 valence electrons. The van der Waals surface area contributed by atoms with Gasteiger partial charge in [-0.2, -0.15) is 9.40 Å². The van der Waals surface area contributed by atoms with Gasteiger partial charge in [0.1, 0.15) is 22.3 Å². The minimum Gasteiger partial charge on any atom is -0.488 e. The number of carbonyl (C=O) groups is 1. The quantitative estimate of drug-likeness (QED) is 0.361. The highest BCUT2D eigenvalue weighted by Crippen LogP contribution is 2.55. The van der Waals surface area contributed by atoms with E-state index in [2.05, 4.69) is 15.4 Å². The second-order valence-corrected chi connectivity index (χ2v) is 12.3. The normalized spacial score (nSPS) is 21.8. The molecule has 4 aromatic rings. The Kier molecular flexibility index (Phi) is 6.46. The molecule has 0 bridgehead atoms. The van der Waals surface area contributed by atoms with E-state index in [0.29, 0.717) is 23.6 Å². The lowest BCUT2D eigenvalue weighted by molar-refractivity contribution is 0.0695. The molecule has 1 aliphatic heterocycles. The lowest BCUT2D eigenvalue weighted by atomic mass is 10.1. The molecule has 12 heteroatoms. The van der Waals surface area contributed by atoms with Gasteiger partial charge in [0.05, 0.1) is 29.8 Å². The van der Waals surface area contributed by atoms with Crippen LogP contribution in [-0.2, 0) is 23.6 Å². The Morgan fingerprint density at radius 3 is 2.70 bits per heavy atom. The number of carboxylic acid groups (broad SMARTS) is 1. The van der Waals surface area contributed by atoms with Gasteiger partial charge in [0.25, 0.3) is 0 Å². The van der Waals surface area contributed by atoms with Crippen molar-refractivity contribution in [3.63, 3.8) is 0 Å². The summed E-state index contributed by atoms with van der Waals surface area (Å²) in [5.41, 5.74) is 3.96. The molecular weight excluding hydrogens is 532 g/mol. The van der Waals surface area contributed by atoms with Crippen molar-refractivity contribution in [3.8, 4) is 11.4 Å². The van der Waals surface area contributed by atoms with Crippen LogP contribution in [0.3, 0.4) is 0 Å². The Morgan fingerprint density at radius 2 is 1.98 bits per heavy atom. The number of fused-ring (bicyclic) bond motifs is 1. The van der Waals surface area contributed by atoms with E-state index in [-0.39, 0.29) is 41.5 Å². The summed E-state index contributed by atoms with van der Waals surface area (Å²) in [5, 5.41) is 22.6. The van der Waals surface area contributed by atoms with Crippen molar-refractivity contribution in [2.75, 3.05) is 6.54 Å². The van der Waals surface area contributed by atoms with Crippen molar-refractivity contribution < 1.29 is 23.1 Å². The topological polar surface area (TPSA) is 132 Å². The highest BCUT2D eigenvalue weighted by molar-refractivity contribution is 7.89.